The van der Waals surface area contributed by atoms with Gasteiger partial charge in [-0.15, -0.1) is 0 Å². The molecule has 1 aliphatic rings. The van der Waals surface area contributed by atoms with Crippen molar-refractivity contribution in [1.29, 1.82) is 0 Å². The Bertz CT molecular complexity index is 408. The fourth-order valence-corrected chi connectivity index (χ4v) is 2.33. The first kappa shape index (κ1) is 15.6. The Balaban J connectivity index is 2.68. The number of unbranched alkanes of at least 4 members (excludes halogenated alkanes) is 2. The van der Waals surface area contributed by atoms with Crippen LogP contribution in [0.2, 0.25) is 0 Å². The van der Waals surface area contributed by atoms with E-state index in [2.05, 4.69) is 5.32 Å². The van der Waals surface area contributed by atoms with Gasteiger partial charge >= 0.3 is 0 Å². The molecule has 19 heavy (non-hydrogen) atoms. The molecule has 106 valence electrons. The summed E-state index contributed by atoms with van der Waals surface area (Å²) >= 11 is 0. The molecule has 0 unspecified atom stereocenters. The van der Waals surface area contributed by atoms with Crippen molar-refractivity contribution < 1.29 is 9.59 Å². The van der Waals surface area contributed by atoms with Crippen molar-refractivity contribution in [3.8, 4) is 0 Å². The van der Waals surface area contributed by atoms with Crippen LogP contribution in [0.15, 0.2) is 22.9 Å². The molecule has 0 saturated carbocycles. The second kappa shape index (κ2) is 7.89. The Labute approximate surface area is 115 Å². The molecule has 1 rings (SSSR count). The van der Waals surface area contributed by atoms with Crippen molar-refractivity contribution in [3.63, 3.8) is 0 Å². The molecule has 0 spiro atoms. The third kappa shape index (κ3) is 4.63. The largest absolute Gasteiger partial charge is 0.385 e. The summed E-state index contributed by atoms with van der Waals surface area (Å²) in [7, 11) is 0. The molecule has 0 heterocycles. The Kier molecular flexibility index (Phi) is 6.50. The molecular formula is C15H24N2O2. The van der Waals surface area contributed by atoms with Crippen LogP contribution in [-0.4, -0.2) is 24.7 Å². The summed E-state index contributed by atoms with van der Waals surface area (Å²) in [4.78, 5) is 23.3. The molecule has 0 amide bonds. The molecule has 0 radical (unpaired) electrons. The second-order valence-corrected chi connectivity index (χ2v) is 4.90. The number of Topliss-reactive ketones (excluding diaryl/α,β-unsaturated/α-hetero) is 2. The van der Waals surface area contributed by atoms with Gasteiger partial charge in [0.1, 0.15) is 0 Å². The molecule has 0 fully saturated rings. The van der Waals surface area contributed by atoms with Crippen LogP contribution in [0.5, 0.6) is 0 Å². The lowest BCUT2D eigenvalue weighted by molar-refractivity contribution is -0.116. The molecular weight excluding hydrogens is 240 g/mol. The van der Waals surface area contributed by atoms with E-state index in [0.717, 1.165) is 44.5 Å². The summed E-state index contributed by atoms with van der Waals surface area (Å²) in [6, 6.07) is 0. The normalized spacial score (nSPS) is 15.2. The summed E-state index contributed by atoms with van der Waals surface area (Å²) in [5, 5.41) is 3.29. The van der Waals surface area contributed by atoms with Crippen molar-refractivity contribution in [3.05, 3.63) is 22.9 Å². The van der Waals surface area contributed by atoms with Crippen LogP contribution in [0.4, 0.5) is 0 Å². The van der Waals surface area contributed by atoms with E-state index < -0.39 is 0 Å². The van der Waals surface area contributed by atoms with E-state index in [4.69, 9.17) is 5.73 Å². The summed E-state index contributed by atoms with van der Waals surface area (Å²) in [5.41, 5.74) is 7.52. The molecule has 0 atom stereocenters. The molecule has 0 aromatic heterocycles. The summed E-state index contributed by atoms with van der Waals surface area (Å²) in [6.07, 6.45) is 6.63. The van der Waals surface area contributed by atoms with Gasteiger partial charge < -0.3 is 11.1 Å². The van der Waals surface area contributed by atoms with Gasteiger partial charge in [0.2, 0.25) is 0 Å². The van der Waals surface area contributed by atoms with Crippen LogP contribution in [0, 0.1) is 0 Å². The van der Waals surface area contributed by atoms with Gasteiger partial charge in [0.15, 0.2) is 11.6 Å². The zero-order valence-electron chi connectivity index (χ0n) is 11.9. The van der Waals surface area contributed by atoms with E-state index >= 15 is 0 Å². The molecule has 0 aliphatic heterocycles. The van der Waals surface area contributed by atoms with E-state index in [1.807, 2.05) is 6.08 Å². The first-order valence-corrected chi connectivity index (χ1v) is 6.97. The zero-order chi connectivity index (χ0) is 14.3. The van der Waals surface area contributed by atoms with Crippen molar-refractivity contribution in [2.45, 2.75) is 46.0 Å². The van der Waals surface area contributed by atoms with Crippen LogP contribution < -0.4 is 11.1 Å². The number of allylic oxidation sites excluding steroid dienone is 3. The van der Waals surface area contributed by atoms with Gasteiger partial charge in [-0.2, -0.15) is 0 Å². The lowest BCUT2D eigenvalue weighted by Crippen LogP contribution is -2.24. The maximum atomic E-state index is 11.8. The quantitative estimate of drug-likeness (QED) is 0.656. The number of ketones is 2. The highest BCUT2D eigenvalue weighted by Gasteiger charge is 2.21. The standard InChI is InChI=1S/C15H24N2O2/c1-11(18)13-7-6-8-14(15(13)12(2)19)17-10-5-3-4-9-16/h8,17H,3-7,9-10,16H2,1-2H3. The van der Waals surface area contributed by atoms with E-state index in [1.165, 1.54) is 13.8 Å². The Morgan fingerprint density at radius 2 is 1.95 bits per heavy atom. The van der Waals surface area contributed by atoms with E-state index in [-0.39, 0.29) is 11.6 Å². The molecule has 0 aromatic rings. The van der Waals surface area contributed by atoms with Crippen molar-refractivity contribution >= 4 is 11.6 Å². The third-order valence-electron chi connectivity index (χ3n) is 3.29. The van der Waals surface area contributed by atoms with Crippen molar-refractivity contribution in [2.75, 3.05) is 13.1 Å². The van der Waals surface area contributed by atoms with Crippen LogP contribution in [-0.2, 0) is 9.59 Å². The number of carbonyl (C=O) groups is 2. The SMILES string of the molecule is CC(=O)C1=C(C(C)=O)C(NCCCCCN)=CCC1. The van der Waals surface area contributed by atoms with Gasteiger partial charge in [-0.05, 0) is 46.1 Å². The number of nitrogens with two attached hydrogens (primary N) is 1. The van der Waals surface area contributed by atoms with E-state index in [9.17, 15) is 9.59 Å². The van der Waals surface area contributed by atoms with Gasteiger partial charge in [0.25, 0.3) is 0 Å². The zero-order valence-corrected chi connectivity index (χ0v) is 11.9. The fourth-order valence-electron chi connectivity index (χ4n) is 2.33. The van der Waals surface area contributed by atoms with E-state index in [0.29, 0.717) is 17.6 Å². The van der Waals surface area contributed by atoms with Gasteiger partial charge in [-0.1, -0.05) is 12.5 Å². The predicted molar refractivity (Wildman–Crippen MR) is 76.6 cm³/mol. The summed E-state index contributed by atoms with van der Waals surface area (Å²) in [6.45, 7) is 4.58. The summed E-state index contributed by atoms with van der Waals surface area (Å²) in [5.74, 6) is -0.0358. The minimum Gasteiger partial charge on any atom is -0.385 e. The van der Waals surface area contributed by atoms with Crippen LogP contribution in [0.25, 0.3) is 0 Å². The monoisotopic (exact) mass is 264 g/mol. The average molecular weight is 264 g/mol. The Morgan fingerprint density at radius 1 is 1.21 bits per heavy atom. The molecule has 4 heteroatoms. The lowest BCUT2D eigenvalue weighted by atomic mass is 9.90. The van der Waals surface area contributed by atoms with Gasteiger partial charge in [0.05, 0.1) is 0 Å². The second-order valence-electron chi connectivity index (χ2n) is 4.90. The Hall–Kier alpha value is -1.42. The van der Waals surface area contributed by atoms with Crippen molar-refractivity contribution in [2.24, 2.45) is 5.73 Å². The predicted octanol–water partition coefficient (Wildman–Crippen LogP) is 1.86. The number of nitrogens with one attached hydrogen (secondary N) is 1. The van der Waals surface area contributed by atoms with Gasteiger partial charge in [0, 0.05) is 23.4 Å². The topological polar surface area (TPSA) is 72.2 Å². The minimum atomic E-state index is -0.0365. The number of carbonyl (C=O) groups excluding carboxylic acids is 2. The fraction of sp³-hybridized carbons (Fsp3) is 0.600. The maximum absolute atomic E-state index is 11.8. The molecule has 0 saturated heterocycles. The first-order valence-electron chi connectivity index (χ1n) is 6.97. The van der Waals surface area contributed by atoms with Gasteiger partial charge in [-0.3, -0.25) is 9.59 Å². The van der Waals surface area contributed by atoms with Crippen LogP contribution in [0.3, 0.4) is 0 Å². The number of rotatable bonds is 8. The third-order valence-corrected chi connectivity index (χ3v) is 3.29. The highest BCUT2D eigenvalue weighted by atomic mass is 16.1. The Morgan fingerprint density at radius 3 is 2.53 bits per heavy atom. The van der Waals surface area contributed by atoms with Crippen LogP contribution in [0.1, 0.15) is 46.0 Å². The van der Waals surface area contributed by atoms with Crippen molar-refractivity contribution in [1.82, 2.24) is 5.32 Å². The van der Waals surface area contributed by atoms with E-state index in [1.54, 1.807) is 0 Å². The molecule has 4 nitrogen and oxygen atoms in total. The molecule has 1 aliphatic carbocycles. The highest BCUT2D eigenvalue weighted by molar-refractivity contribution is 6.07. The molecule has 3 N–H and O–H groups in total. The average Bonchev–Trinajstić information content (AvgIpc) is 2.37. The van der Waals surface area contributed by atoms with Crippen LogP contribution >= 0.6 is 0 Å². The molecule has 0 bridgehead atoms. The first-order chi connectivity index (χ1) is 9.07. The highest BCUT2D eigenvalue weighted by Crippen LogP contribution is 2.25. The van der Waals surface area contributed by atoms with Gasteiger partial charge in [-0.25, -0.2) is 0 Å². The maximum Gasteiger partial charge on any atom is 0.162 e. The number of hydrogen-bond donors (Lipinski definition) is 2. The minimum absolute atomic E-state index is 0.000678. The lowest BCUT2D eigenvalue weighted by Gasteiger charge is -2.20. The summed E-state index contributed by atoms with van der Waals surface area (Å²) < 4.78 is 0. The smallest absolute Gasteiger partial charge is 0.162 e. The molecule has 0 aromatic carbocycles. The number of hydrogen-bond acceptors (Lipinski definition) is 4.